The first-order valence-electron chi connectivity index (χ1n) is 7.88. The Balaban J connectivity index is 2.11. The van der Waals surface area contributed by atoms with Gasteiger partial charge in [0.15, 0.2) is 5.12 Å². The molecular formula is C18H20BrNO5S. The maximum Gasteiger partial charge on any atom is 0.355 e. The molecule has 2 rings (SSSR count). The van der Waals surface area contributed by atoms with Gasteiger partial charge in [-0.25, -0.2) is 4.79 Å². The van der Waals surface area contributed by atoms with Crippen LogP contribution in [0.15, 0.2) is 35.5 Å². The lowest BCUT2D eigenvalue weighted by atomic mass is 10.1. The van der Waals surface area contributed by atoms with E-state index in [1.807, 2.05) is 0 Å². The van der Waals surface area contributed by atoms with Crippen LogP contribution in [0.25, 0.3) is 0 Å². The molecule has 6 nitrogen and oxygen atoms in total. The average Bonchev–Trinajstić information content (AvgIpc) is 2.62. The number of carbonyl (C=O) groups is 3. The summed E-state index contributed by atoms with van der Waals surface area (Å²) >= 11 is 4.27. The number of allylic oxidation sites excluding steroid dienone is 1. The average molecular weight is 442 g/mol. The fourth-order valence-electron chi connectivity index (χ4n) is 2.43. The van der Waals surface area contributed by atoms with Crippen molar-refractivity contribution in [3.63, 3.8) is 0 Å². The molecule has 26 heavy (non-hydrogen) atoms. The number of benzene rings is 1. The van der Waals surface area contributed by atoms with Crippen LogP contribution in [0.1, 0.15) is 26.3 Å². The quantitative estimate of drug-likeness (QED) is 0.292. The third kappa shape index (κ3) is 4.48. The van der Waals surface area contributed by atoms with E-state index in [1.54, 1.807) is 45.2 Å². The first kappa shape index (κ1) is 20.5. The van der Waals surface area contributed by atoms with E-state index in [0.29, 0.717) is 11.3 Å². The standard InChI is InChI=1S/C18H20BrNO5S/c1-10(2)15(20-16(22)14(19)17(20)26-11(3)21)18(23)25-9-12-5-7-13(24-4)8-6-12/h5-8,14,17H,9H2,1-4H3. The number of hydrogen-bond acceptors (Lipinski definition) is 6. The molecule has 0 radical (unpaired) electrons. The number of esters is 1. The molecule has 2 unspecified atom stereocenters. The third-order valence-electron chi connectivity index (χ3n) is 3.70. The number of rotatable bonds is 6. The minimum absolute atomic E-state index is 0.0733. The lowest BCUT2D eigenvalue weighted by Crippen LogP contribution is -2.61. The molecule has 0 bridgehead atoms. The fraction of sp³-hybridized carbons (Fsp3) is 0.389. The fourth-order valence-corrected chi connectivity index (χ4v) is 4.10. The molecule has 2 atom stereocenters. The van der Waals surface area contributed by atoms with E-state index in [9.17, 15) is 14.4 Å². The second kappa shape index (κ2) is 8.73. The first-order valence-corrected chi connectivity index (χ1v) is 9.67. The molecule has 0 saturated carbocycles. The highest BCUT2D eigenvalue weighted by atomic mass is 79.9. The summed E-state index contributed by atoms with van der Waals surface area (Å²) in [4.78, 5) is 37.1. The molecule has 1 fully saturated rings. The Kier molecular flexibility index (Phi) is 6.88. The lowest BCUT2D eigenvalue weighted by molar-refractivity contribution is -0.149. The molecular weight excluding hydrogens is 422 g/mol. The number of amides is 1. The van der Waals surface area contributed by atoms with Crippen LogP contribution in [0.4, 0.5) is 0 Å². The number of halogens is 1. The van der Waals surface area contributed by atoms with Crippen molar-refractivity contribution in [2.45, 2.75) is 37.6 Å². The van der Waals surface area contributed by atoms with E-state index in [0.717, 1.165) is 17.3 Å². The monoisotopic (exact) mass is 441 g/mol. The molecule has 0 aliphatic carbocycles. The Labute approximate surface area is 165 Å². The number of alkyl halides is 1. The summed E-state index contributed by atoms with van der Waals surface area (Å²) in [5, 5.41) is -0.588. The molecule has 0 aromatic heterocycles. The number of carbonyl (C=O) groups excluding carboxylic acids is 3. The van der Waals surface area contributed by atoms with Crippen molar-refractivity contribution in [3.05, 3.63) is 41.1 Å². The molecule has 140 valence electrons. The molecule has 1 aromatic rings. The molecule has 1 amide bonds. The number of likely N-dealkylation sites (tertiary alicyclic amines) is 1. The number of thioether (sulfide) groups is 1. The summed E-state index contributed by atoms with van der Waals surface area (Å²) in [6.07, 6.45) is 0. The summed E-state index contributed by atoms with van der Waals surface area (Å²) < 4.78 is 10.5. The summed E-state index contributed by atoms with van der Waals surface area (Å²) in [5.41, 5.74) is 1.62. The zero-order valence-electron chi connectivity index (χ0n) is 14.9. The highest BCUT2D eigenvalue weighted by Crippen LogP contribution is 2.39. The molecule has 1 aromatic carbocycles. The van der Waals surface area contributed by atoms with Crippen molar-refractivity contribution in [3.8, 4) is 5.75 Å². The van der Waals surface area contributed by atoms with Crippen molar-refractivity contribution in [2.75, 3.05) is 7.11 Å². The smallest absolute Gasteiger partial charge is 0.355 e. The van der Waals surface area contributed by atoms with E-state index in [1.165, 1.54) is 11.8 Å². The van der Waals surface area contributed by atoms with Gasteiger partial charge in [-0.05, 0) is 37.1 Å². The van der Waals surface area contributed by atoms with E-state index >= 15 is 0 Å². The Bertz CT molecular complexity index is 742. The van der Waals surface area contributed by atoms with Gasteiger partial charge in [0.05, 0.1) is 7.11 Å². The van der Waals surface area contributed by atoms with Gasteiger partial charge in [0.2, 0.25) is 5.91 Å². The van der Waals surface area contributed by atoms with E-state index in [2.05, 4.69) is 15.9 Å². The highest BCUT2D eigenvalue weighted by molar-refractivity contribution is 9.10. The Morgan fingerprint density at radius 1 is 1.19 bits per heavy atom. The highest BCUT2D eigenvalue weighted by Gasteiger charge is 2.50. The maximum atomic E-state index is 12.6. The van der Waals surface area contributed by atoms with Gasteiger partial charge in [-0.3, -0.25) is 14.5 Å². The zero-order chi connectivity index (χ0) is 19.4. The van der Waals surface area contributed by atoms with Crippen molar-refractivity contribution in [2.24, 2.45) is 0 Å². The van der Waals surface area contributed by atoms with E-state index < -0.39 is 16.2 Å². The maximum absolute atomic E-state index is 12.6. The van der Waals surface area contributed by atoms with Gasteiger partial charge in [-0.1, -0.05) is 39.8 Å². The van der Waals surface area contributed by atoms with Crippen LogP contribution in [0, 0.1) is 0 Å². The predicted octanol–water partition coefficient (Wildman–Crippen LogP) is 3.24. The van der Waals surface area contributed by atoms with Crippen LogP contribution in [-0.4, -0.2) is 39.2 Å². The Hall–Kier alpha value is -1.80. The van der Waals surface area contributed by atoms with E-state index in [4.69, 9.17) is 9.47 Å². The molecule has 1 saturated heterocycles. The second-order valence-electron chi connectivity index (χ2n) is 5.88. The van der Waals surface area contributed by atoms with Gasteiger partial charge in [-0.15, -0.1) is 0 Å². The van der Waals surface area contributed by atoms with Crippen molar-refractivity contribution in [1.29, 1.82) is 0 Å². The molecule has 1 aliphatic heterocycles. The van der Waals surface area contributed by atoms with Gasteiger partial charge >= 0.3 is 5.97 Å². The van der Waals surface area contributed by atoms with Crippen LogP contribution in [0.2, 0.25) is 0 Å². The van der Waals surface area contributed by atoms with Gasteiger partial charge < -0.3 is 9.47 Å². The van der Waals surface area contributed by atoms with Crippen LogP contribution in [0.5, 0.6) is 5.75 Å². The van der Waals surface area contributed by atoms with Gasteiger partial charge in [0.25, 0.3) is 0 Å². The summed E-state index contributed by atoms with van der Waals surface area (Å²) in [5.74, 6) is -0.146. The van der Waals surface area contributed by atoms with Crippen molar-refractivity contribution < 1.29 is 23.9 Å². The van der Waals surface area contributed by atoms with Crippen LogP contribution in [-0.2, 0) is 25.7 Å². The van der Waals surface area contributed by atoms with Crippen molar-refractivity contribution in [1.82, 2.24) is 4.90 Å². The number of ether oxygens (including phenoxy) is 2. The number of β-lactam (4-membered cyclic amide) rings is 1. The molecule has 8 heteroatoms. The van der Waals surface area contributed by atoms with Crippen LogP contribution in [0.3, 0.4) is 0 Å². The Morgan fingerprint density at radius 2 is 1.81 bits per heavy atom. The van der Waals surface area contributed by atoms with Gasteiger partial charge in [-0.2, -0.15) is 0 Å². The van der Waals surface area contributed by atoms with Gasteiger partial charge in [0.1, 0.15) is 28.3 Å². The summed E-state index contributed by atoms with van der Waals surface area (Å²) in [6.45, 7) is 4.96. The second-order valence-corrected chi connectivity index (χ2v) is 8.16. The SMILES string of the molecule is COc1ccc(COC(=O)C(=C(C)C)N2C(=O)C(Br)C2SC(C)=O)cc1. The molecule has 0 spiro atoms. The first-order chi connectivity index (χ1) is 12.3. The third-order valence-corrected chi connectivity index (χ3v) is 6.00. The number of methoxy groups -OCH3 is 1. The summed E-state index contributed by atoms with van der Waals surface area (Å²) in [7, 11) is 1.58. The molecule has 0 N–H and O–H groups in total. The lowest BCUT2D eigenvalue weighted by Gasteiger charge is -2.44. The molecule has 1 aliphatic rings. The van der Waals surface area contributed by atoms with E-state index in [-0.39, 0.29) is 23.3 Å². The number of hydrogen-bond donors (Lipinski definition) is 0. The number of nitrogens with zero attached hydrogens (tertiary/aromatic N) is 1. The van der Waals surface area contributed by atoms with Gasteiger partial charge in [0, 0.05) is 6.92 Å². The molecule has 1 heterocycles. The summed E-state index contributed by atoms with van der Waals surface area (Å²) in [6, 6.07) is 7.15. The van der Waals surface area contributed by atoms with Crippen LogP contribution < -0.4 is 4.74 Å². The normalized spacial score (nSPS) is 18.8. The largest absolute Gasteiger partial charge is 0.497 e. The van der Waals surface area contributed by atoms with Crippen LogP contribution >= 0.6 is 27.7 Å². The topological polar surface area (TPSA) is 72.9 Å². The minimum Gasteiger partial charge on any atom is -0.497 e. The van der Waals surface area contributed by atoms with Crippen molar-refractivity contribution >= 4 is 44.7 Å². The Morgan fingerprint density at radius 3 is 2.31 bits per heavy atom. The predicted molar refractivity (Wildman–Crippen MR) is 103 cm³/mol. The zero-order valence-corrected chi connectivity index (χ0v) is 17.3. The minimum atomic E-state index is -0.595.